The van der Waals surface area contributed by atoms with Gasteiger partial charge in [0.1, 0.15) is 0 Å². The number of hydrogen-bond acceptors (Lipinski definition) is 0. The third-order valence-corrected chi connectivity index (χ3v) is 2.09. The van der Waals surface area contributed by atoms with Gasteiger partial charge in [-0.2, -0.15) is 0 Å². The van der Waals surface area contributed by atoms with Crippen LogP contribution in [-0.2, 0) is 0 Å². The summed E-state index contributed by atoms with van der Waals surface area (Å²) in [6, 6.07) is 8.71. The molecule has 0 heteroatoms. The normalized spacial score (nSPS) is 9.13. The van der Waals surface area contributed by atoms with Crippen molar-refractivity contribution in [2.75, 3.05) is 0 Å². The highest BCUT2D eigenvalue weighted by molar-refractivity contribution is 5.23. The Bertz CT molecular complexity index is 301. The Morgan fingerprint density at radius 1 is 1.20 bits per heavy atom. The Balaban J connectivity index is 0.000000336. The zero-order chi connectivity index (χ0) is 11.8. The topological polar surface area (TPSA) is 0 Å². The Morgan fingerprint density at radius 3 is 1.87 bits per heavy atom. The third kappa shape index (κ3) is 6.73. The van der Waals surface area contributed by atoms with Crippen LogP contribution in [0.1, 0.15) is 37.8 Å². The molecule has 0 aliphatic heterocycles. The molecule has 0 unspecified atom stereocenters. The summed E-state index contributed by atoms with van der Waals surface area (Å²) in [5.41, 5.74) is 3.78. The first-order valence-corrected chi connectivity index (χ1v) is 5.32. The summed E-state index contributed by atoms with van der Waals surface area (Å²) >= 11 is 0. The third-order valence-electron chi connectivity index (χ3n) is 2.09. The molecule has 0 saturated heterocycles. The molecule has 0 bridgehead atoms. The molecule has 0 aliphatic rings. The van der Waals surface area contributed by atoms with Crippen molar-refractivity contribution < 1.29 is 0 Å². The van der Waals surface area contributed by atoms with E-state index in [-0.39, 0.29) is 0 Å². The molecule has 0 aromatic heterocycles. The molecule has 0 aliphatic carbocycles. The van der Waals surface area contributed by atoms with Gasteiger partial charge in [0.05, 0.1) is 0 Å². The first-order chi connectivity index (χ1) is 6.97. The highest BCUT2D eigenvalue weighted by atomic mass is 14.0. The monoisotopic (exact) mass is 202 g/mol. The molecule has 1 rings (SSSR count). The van der Waals surface area contributed by atoms with E-state index in [2.05, 4.69) is 58.2 Å². The maximum absolute atomic E-state index is 3.56. The fourth-order valence-corrected chi connectivity index (χ4v) is 0.951. The molecule has 0 saturated carbocycles. The lowest BCUT2D eigenvalue weighted by atomic mass is 10.0. The van der Waals surface area contributed by atoms with E-state index in [9.17, 15) is 0 Å². The number of hydrogen-bond donors (Lipinski definition) is 0. The van der Waals surface area contributed by atoms with E-state index in [1.807, 2.05) is 6.92 Å². The summed E-state index contributed by atoms with van der Waals surface area (Å²) in [5.74, 6) is 0.653. The Kier molecular flexibility index (Phi) is 6.44. The molecule has 0 radical (unpaired) electrons. The van der Waals surface area contributed by atoms with E-state index in [1.54, 1.807) is 6.08 Å². The van der Waals surface area contributed by atoms with Crippen molar-refractivity contribution in [2.45, 2.75) is 33.6 Å². The van der Waals surface area contributed by atoms with Crippen molar-refractivity contribution >= 4 is 0 Å². The van der Waals surface area contributed by atoms with Gasteiger partial charge in [0.2, 0.25) is 0 Å². The number of aryl methyl sites for hydroxylation is 1. The largest absolute Gasteiger partial charge is 0.0988 e. The highest BCUT2D eigenvalue weighted by Crippen LogP contribution is 2.13. The quantitative estimate of drug-likeness (QED) is 0.600. The van der Waals surface area contributed by atoms with Gasteiger partial charge < -0.3 is 0 Å². The zero-order valence-corrected chi connectivity index (χ0v) is 10.4. The van der Waals surface area contributed by atoms with Crippen LogP contribution < -0.4 is 0 Å². The summed E-state index contributed by atoms with van der Waals surface area (Å²) in [7, 11) is 0. The maximum atomic E-state index is 3.56. The van der Waals surface area contributed by atoms with Gasteiger partial charge in [0.25, 0.3) is 0 Å². The maximum Gasteiger partial charge on any atom is -0.0219 e. The van der Waals surface area contributed by atoms with E-state index in [1.165, 1.54) is 11.1 Å². The van der Waals surface area contributed by atoms with Gasteiger partial charge in [-0.15, -0.1) is 0 Å². The molecular weight excluding hydrogens is 180 g/mol. The van der Waals surface area contributed by atoms with E-state index >= 15 is 0 Å². The average Bonchev–Trinajstić information content (AvgIpc) is 2.19. The van der Waals surface area contributed by atoms with Gasteiger partial charge in [-0.1, -0.05) is 68.5 Å². The van der Waals surface area contributed by atoms with Crippen LogP contribution in [0.5, 0.6) is 0 Å². The molecule has 82 valence electrons. The lowest BCUT2D eigenvalue weighted by molar-refractivity contribution is 0.866. The molecule has 0 atom stereocenters. The van der Waals surface area contributed by atoms with Crippen molar-refractivity contribution in [2.24, 2.45) is 0 Å². The minimum atomic E-state index is 0.653. The van der Waals surface area contributed by atoms with Crippen LogP contribution in [0.15, 0.2) is 49.1 Å². The minimum absolute atomic E-state index is 0.653. The van der Waals surface area contributed by atoms with Crippen LogP contribution >= 0.6 is 0 Å². The molecule has 0 fully saturated rings. The molecule has 0 spiro atoms. The molecular formula is C15H22. The Morgan fingerprint density at radius 2 is 1.60 bits per heavy atom. The fourth-order valence-electron chi connectivity index (χ4n) is 0.951. The van der Waals surface area contributed by atoms with Crippen molar-refractivity contribution in [3.63, 3.8) is 0 Å². The van der Waals surface area contributed by atoms with Crippen molar-refractivity contribution in [1.82, 2.24) is 0 Å². The van der Waals surface area contributed by atoms with Gasteiger partial charge in [-0.25, -0.2) is 0 Å². The van der Waals surface area contributed by atoms with Crippen LogP contribution in [-0.4, -0.2) is 0 Å². The summed E-state index contributed by atoms with van der Waals surface area (Å²) in [4.78, 5) is 0. The van der Waals surface area contributed by atoms with Crippen LogP contribution in [0.4, 0.5) is 0 Å². The van der Waals surface area contributed by atoms with Crippen molar-refractivity contribution in [3.05, 3.63) is 60.2 Å². The molecule has 0 N–H and O–H groups in total. The zero-order valence-electron chi connectivity index (χ0n) is 10.4. The Labute approximate surface area is 94.3 Å². The summed E-state index contributed by atoms with van der Waals surface area (Å²) in [5, 5.41) is 0. The predicted molar refractivity (Wildman–Crippen MR) is 70.3 cm³/mol. The van der Waals surface area contributed by atoms with E-state index in [4.69, 9.17) is 0 Å². The average molecular weight is 202 g/mol. The van der Waals surface area contributed by atoms with E-state index in [0.717, 1.165) is 5.57 Å². The van der Waals surface area contributed by atoms with Gasteiger partial charge in [0.15, 0.2) is 0 Å². The second kappa shape index (κ2) is 7.05. The second-order valence-corrected chi connectivity index (χ2v) is 4.12. The van der Waals surface area contributed by atoms with Crippen LogP contribution in [0.3, 0.4) is 0 Å². The summed E-state index contributed by atoms with van der Waals surface area (Å²) in [6.45, 7) is 15.5. The molecule has 15 heavy (non-hydrogen) atoms. The van der Waals surface area contributed by atoms with Gasteiger partial charge in [-0.3, -0.25) is 0 Å². The first-order valence-electron chi connectivity index (χ1n) is 5.32. The SMILES string of the molecule is C=CC(=C)C.Cc1ccc(C(C)C)cc1. The second-order valence-electron chi connectivity index (χ2n) is 4.12. The summed E-state index contributed by atoms with van der Waals surface area (Å²) in [6.07, 6.45) is 1.72. The first kappa shape index (κ1) is 13.7. The van der Waals surface area contributed by atoms with Gasteiger partial charge in [-0.05, 0) is 25.3 Å². The standard InChI is InChI=1S/C10H14.C5H8/c1-8(2)10-6-4-9(3)5-7-10;1-4-5(2)3/h4-8H,1-3H3;4H,1-2H2,3H3. The van der Waals surface area contributed by atoms with E-state index in [0.29, 0.717) is 5.92 Å². The molecule has 1 aromatic carbocycles. The summed E-state index contributed by atoms with van der Waals surface area (Å²) < 4.78 is 0. The van der Waals surface area contributed by atoms with Crippen LogP contribution in [0, 0.1) is 6.92 Å². The van der Waals surface area contributed by atoms with Crippen LogP contribution in [0.25, 0.3) is 0 Å². The molecule has 0 nitrogen and oxygen atoms in total. The van der Waals surface area contributed by atoms with Crippen molar-refractivity contribution in [3.8, 4) is 0 Å². The molecule has 1 aromatic rings. The smallest absolute Gasteiger partial charge is 0.0219 e. The lowest BCUT2D eigenvalue weighted by Gasteiger charge is -2.03. The fraction of sp³-hybridized carbons (Fsp3) is 0.333. The molecule has 0 amide bonds. The van der Waals surface area contributed by atoms with Gasteiger partial charge in [0, 0.05) is 0 Å². The highest BCUT2D eigenvalue weighted by Gasteiger charge is 1.95. The van der Waals surface area contributed by atoms with Crippen LogP contribution in [0.2, 0.25) is 0 Å². The predicted octanol–water partition coefficient (Wildman–Crippen LogP) is 4.87. The molecule has 0 heterocycles. The number of allylic oxidation sites excluding steroid dienone is 2. The minimum Gasteiger partial charge on any atom is -0.0988 e. The number of benzene rings is 1. The van der Waals surface area contributed by atoms with Crippen molar-refractivity contribution in [1.29, 1.82) is 0 Å². The van der Waals surface area contributed by atoms with Gasteiger partial charge >= 0.3 is 0 Å². The number of rotatable bonds is 2. The lowest BCUT2D eigenvalue weighted by Crippen LogP contribution is -1.85. The van der Waals surface area contributed by atoms with E-state index < -0.39 is 0 Å². The Hall–Kier alpha value is -1.30.